The molecule has 3 heteroatoms. The minimum Gasteiger partial charge on any atom is -0.388 e. The first kappa shape index (κ1) is 15.5. The lowest BCUT2D eigenvalue weighted by atomic mass is 9.95. The van der Waals surface area contributed by atoms with Crippen molar-refractivity contribution in [1.29, 1.82) is 0 Å². The molecule has 2 rings (SSSR count). The Bertz CT molecular complexity index is 435. The zero-order valence-corrected chi connectivity index (χ0v) is 12.7. The Morgan fingerprint density at radius 3 is 2.65 bits per heavy atom. The second-order valence-electron chi connectivity index (χ2n) is 6.39. The van der Waals surface area contributed by atoms with Crippen molar-refractivity contribution < 1.29 is 9.50 Å². The molecule has 1 saturated heterocycles. The summed E-state index contributed by atoms with van der Waals surface area (Å²) in [6.07, 6.45) is 1.73. The van der Waals surface area contributed by atoms with Crippen LogP contribution < -0.4 is 0 Å². The van der Waals surface area contributed by atoms with Gasteiger partial charge in [0, 0.05) is 18.2 Å². The number of halogens is 1. The predicted octanol–water partition coefficient (Wildman–Crippen LogP) is 3.62. The van der Waals surface area contributed by atoms with Crippen molar-refractivity contribution in [3.05, 3.63) is 35.6 Å². The quantitative estimate of drug-likeness (QED) is 0.890. The van der Waals surface area contributed by atoms with Crippen molar-refractivity contribution in [2.24, 2.45) is 11.8 Å². The summed E-state index contributed by atoms with van der Waals surface area (Å²) in [5.41, 5.74) is 0.417. The molecule has 0 aromatic heterocycles. The Labute approximate surface area is 121 Å². The van der Waals surface area contributed by atoms with Gasteiger partial charge in [-0.2, -0.15) is 0 Å². The molecule has 0 radical (unpaired) electrons. The van der Waals surface area contributed by atoms with Crippen molar-refractivity contribution in [1.82, 2.24) is 4.90 Å². The minimum absolute atomic E-state index is 0.0336. The van der Waals surface area contributed by atoms with E-state index in [1.165, 1.54) is 18.9 Å². The molecule has 0 aliphatic carbocycles. The Balaban J connectivity index is 2.01. The third kappa shape index (κ3) is 3.39. The topological polar surface area (TPSA) is 23.5 Å². The van der Waals surface area contributed by atoms with E-state index in [0.29, 0.717) is 17.5 Å². The van der Waals surface area contributed by atoms with E-state index in [2.05, 4.69) is 18.7 Å². The van der Waals surface area contributed by atoms with E-state index < -0.39 is 6.10 Å². The zero-order valence-electron chi connectivity index (χ0n) is 12.7. The van der Waals surface area contributed by atoms with E-state index in [1.807, 2.05) is 6.92 Å². The van der Waals surface area contributed by atoms with Crippen LogP contribution in [0.1, 0.15) is 45.3 Å². The molecule has 0 bridgehead atoms. The number of hydrogen-bond acceptors (Lipinski definition) is 2. The Morgan fingerprint density at radius 2 is 2.00 bits per heavy atom. The van der Waals surface area contributed by atoms with E-state index in [9.17, 15) is 9.50 Å². The number of hydrogen-bond donors (Lipinski definition) is 1. The van der Waals surface area contributed by atoms with Crippen molar-refractivity contribution in [2.75, 3.05) is 13.1 Å². The lowest BCUT2D eigenvalue weighted by Crippen LogP contribution is -2.37. The van der Waals surface area contributed by atoms with Crippen LogP contribution in [0.4, 0.5) is 4.39 Å². The monoisotopic (exact) mass is 279 g/mol. The molecular formula is C17H26FNO. The molecule has 1 aliphatic rings. The molecule has 0 spiro atoms. The molecule has 20 heavy (non-hydrogen) atoms. The summed E-state index contributed by atoms with van der Waals surface area (Å²) in [4.78, 5) is 2.46. The average molecular weight is 279 g/mol. The normalized spacial score (nSPS) is 23.2. The van der Waals surface area contributed by atoms with E-state index in [4.69, 9.17) is 0 Å². The molecular weight excluding hydrogens is 253 g/mol. The smallest absolute Gasteiger partial charge is 0.129 e. The summed E-state index contributed by atoms with van der Waals surface area (Å²) in [6, 6.07) is 7.13. The molecule has 3 unspecified atom stereocenters. The first-order chi connectivity index (χ1) is 9.50. The Kier molecular flexibility index (Phi) is 5.17. The van der Waals surface area contributed by atoms with Gasteiger partial charge in [-0.15, -0.1) is 0 Å². The molecule has 0 amide bonds. The van der Waals surface area contributed by atoms with E-state index in [0.717, 1.165) is 13.1 Å². The van der Waals surface area contributed by atoms with E-state index in [1.54, 1.807) is 18.2 Å². The van der Waals surface area contributed by atoms with Crippen LogP contribution in [-0.2, 0) is 0 Å². The fourth-order valence-electron chi connectivity index (χ4n) is 3.32. The average Bonchev–Trinajstić information content (AvgIpc) is 2.86. The summed E-state index contributed by atoms with van der Waals surface area (Å²) < 4.78 is 13.7. The first-order valence-corrected chi connectivity index (χ1v) is 7.67. The second kappa shape index (κ2) is 6.68. The van der Waals surface area contributed by atoms with Crippen LogP contribution in [0.2, 0.25) is 0 Å². The molecule has 3 atom stereocenters. The number of nitrogens with zero attached hydrogens (tertiary/aromatic N) is 1. The standard InChI is InChI=1S/C17H26FNO/c1-12(2)16-9-6-10-19(16)11-13(3)17(20)14-7-4-5-8-15(14)18/h4-5,7-8,12-13,16-17,20H,6,9-11H2,1-3H3. The van der Waals surface area contributed by atoms with Crippen LogP contribution in [0.3, 0.4) is 0 Å². The number of aliphatic hydroxyl groups is 1. The molecule has 1 aliphatic heterocycles. The Morgan fingerprint density at radius 1 is 1.30 bits per heavy atom. The van der Waals surface area contributed by atoms with Crippen molar-refractivity contribution in [3.8, 4) is 0 Å². The molecule has 1 N–H and O–H groups in total. The fraction of sp³-hybridized carbons (Fsp3) is 0.647. The highest BCUT2D eigenvalue weighted by Gasteiger charge is 2.30. The molecule has 0 saturated carbocycles. The number of likely N-dealkylation sites (tertiary alicyclic amines) is 1. The van der Waals surface area contributed by atoms with Crippen LogP contribution in [0, 0.1) is 17.7 Å². The van der Waals surface area contributed by atoms with Crippen molar-refractivity contribution >= 4 is 0 Å². The van der Waals surface area contributed by atoms with Crippen LogP contribution >= 0.6 is 0 Å². The molecule has 112 valence electrons. The maximum absolute atomic E-state index is 13.7. The van der Waals surface area contributed by atoms with Crippen LogP contribution in [0.15, 0.2) is 24.3 Å². The highest BCUT2D eigenvalue weighted by atomic mass is 19.1. The summed E-state index contributed by atoms with van der Waals surface area (Å²) in [6.45, 7) is 8.43. The second-order valence-corrected chi connectivity index (χ2v) is 6.39. The maximum Gasteiger partial charge on any atom is 0.129 e. The maximum atomic E-state index is 13.7. The third-order valence-corrected chi connectivity index (χ3v) is 4.47. The zero-order chi connectivity index (χ0) is 14.7. The molecule has 1 aromatic rings. The van der Waals surface area contributed by atoms with E-state index >= 15 is 0 Å². The van der Waals surface area contributed by atoms with Gasteiger partial charge in [-0.25, -0.2) is 4.39 Å². The SMILES string of the molecule is CC(C)C1CCCN1CC(C)C(O)c1ccccc1F. The van der Waals surface area contributed by atoms with Gasteiger partial charge < -0.3 is 5.11 Å². The molecule has 2 nitrogen and oxygen atoms in total. The van der Waals surface area contributed by atoms with Gasteiger partial charge in [-0.3, -0.25) is 4.90 Å². The van der Waals surface area contributed by atoms with Crippen molar-refractivity contribution in [2.45, 2.75) is 45.8 Å². The van der Waals surface area contributed by atoms with Gasteiger partial charge in [0.25, 0.3) is 0 Å². The van der Waals surface area contributed by atoms with Gasteiger partial charge in [0.05, 0.1) is 6.10 Å². The lowest BCUT2D eigenvalue weighted by molar-refractivity contribution is 0.0751. The number of aliphatic hydroxyl groups excluding tert-OH is 1. The highest BCUT2D eigenvalue weighted by Crippen LogP contribution is 2.29. The summed E-state index contributed by atoms with van der Waals surface area (Å²) >= 11 is 0. The molecule has 1 aromatic carbocycles. The van der Waals surface area contributed by atoms with Gasteiger partial charge in [-0.1, -0.05) is 39.0 Å². The van der Waals surface area contributed by atoms with Crippen molar-refractivity contribution in [3.63, 3.8) is 0 Å². The molecule has 1 fully saturated rings. The third-order valence-electron chi connectivity index (χ3n) is 4.47. The van der Waals surface area contributed by atoms with E-state index in [-0.39, 0.29) is 11.7 Å². The van der Waals surface area contributed by atoms with Gasteiger partial charge >= 0.3 is 0 Å². The van der Waals surface area contributed by atoms with Gasteiger partial charge in [0.2, 0.25) is 0 Å². The highest BCUT2D eigenvalue weighted by molar-refractivity contribution is 5.20. The first-order valence-electron chi connectivity index (χ1n) is 7.67. The lowest BCUT2D eigenvalue weighted by Gasteiger charge is -2.31. The molecule has 1 heterocycles. The van der Waals surface area contributed by atoms with Gasteiger partial charge in [0.15, 0.2) is 0 Å². The number of rotatable bonds is 5. The van der Waals surface area contributed by atoms with Gasteiger partial charge in [-0.05, 0) is 37.3 Å². The predicted molar refractivity (Wildman–Crippen MR) is 80.0 cm³/mol. The Hall–Kier alpha value is -0.930. The minimum atomic E-state index is -0.732. The van der Waals surface area contributed by atoms with Crippen LogP contribution in [-0.4, -0.2) is 29.1 Å². The van der Waals surface area contributed by atoms with Crippen LogP contribution in [0.5, 0.6) is 0 Å². The fourth-order valence-corrected chi connectivity index (χ4v) is 3.32. The van der Waals surface area contributed by atoms with Crippen LogP contribution in [0.25, 0.3) is 0 Å². The number of benzene rings is 1. The largest absolute Gasteiger partial charge is 0.388 e. The summed E-state index contributed by atoms with van der Waals surface area (Å²) in [7, 11) is 0. The summed E-state index contributed by atoms with van der Waals surface area (Å²) in [5.74, 6) is 0.357. The van der Waals surface area contributed by atoms with Gasteiger partial charge in [0.1, 0.15) is 5.82 Å². The summed E-state index contributed by atoms with van der Waals surface area (Å²) in [5, 5.41) is 10.4.